The van der Waals surface area contributed by atoms with Crippen LogP contribution in [0.3, 0.4) is 0 Å². The monoisotopic (exact) mass is 218 g/mol. The molecule has 0 saturated carbocycles. The van der Waals surface area contributed by atoms with Gasteiger partial charge < -0.3 is 5.11 Å². The first-order chi connectivity index (χ1) is 7.70. The lowest BCUT2D eigenvalue weighted by Gasteiger charge is -2.24. The fraction of sp³-hybridized carbons (Fsp3) is 0.467. The van der Waals surface area contributed by atoms with E-state index in [0.717, 1.165) is 19.3 Å². The fourth-order valence-electron chi connectivity index (χ4n) is 1.97. The molecule has 0 bridgehead atoms. The van der Waals surface area contributed by atoms with Crippen molar-refractivity contribution in [1.29, 1.82) is 0 Å². The molecule has 0 amide bonds. The molecule has 1 rings (SSSR count). The van der Waals surface area contributed by atoms with Crippen LogP contribution in [0, 0.1) is 0 Å². The van der Waals surface area contributed by atoms with E-state index in [2.05, 4.69) is 19.1 Å². The standard InChI is InChI=1S/C15H22O/c1-3-5-12-15(16,11-4-2)13-14-9-7-6-8-10-14/h4,6-11,16H,3,5,12-13H2,1-2H3/b11-4-. The van der Waals surface area contributed by atoms with E-state index in [1.165, 1.54) is 5.56 Å². The zero-order chi connectivity index (χ0) is 11.9. The molecule has 0 fully saturated rings. The van der Waals surface area contributed by atoms with Crippen LogP contribution in [0.2, 0.25) is 0 Å². The minimum absolute atomic E-state index is 0.674. The molecule has 16 heavy (non-hydrogen) atoms. The quantitative estimate of drug-likeness (QED) is 0.721. The second kappa shape index (κ2) is 6.49. The third-order valence-corrected chi connectivity index (χ3v) is 2.79. The molecule has 0 spiro atoms. The lowest BCUT2D eigenvalue weighted by Crippen LogP contribution is -2.28. The van der Waals surface area contributed by atoms with Gasteiger partial charge in [-0.2, -0.15) is 0 Å². The first-order valence-electron chi connectivity index (χ1n) is 6.10. The molecule has 0 aliphatic heterocycles. The minimum atomic E-state index is -0.674. The highest BCUT2D eigenvalue weighted by molar-refractivity contribution is 5.19. The van der Waals surface area contributed by atoms with Gasteiger partial charge in [-0.15, -0.1) is 0 Å². The van der Waals surface area contributed by atoms with Crippen molar-refractivity contribution < 1.29 is 5.11 Å². The summed E-state index contributed by atoms with van der Waals surface area (Å²) in [6.45, 7) is 4.11. The summed E-state index contributed by atoms with van der Waals surface area (Å²) in [5.74, 6) is 0. The minimum Gasteiger partial charge on any atom is -0.385 e. The predicted molar refractivity (Wildman–Crippen MR) is 69.4 cm³/mol. The van der Waals surface area contributed by atoms with Gasteiger partial charge >= 0.3 is 0 Å². The van der Waals surface area contributed by atoms with Crippen LogP contribution in [0.1, 0.15) is 38.7 Å². The van der Waals surface area contributed by atoms with Crippen LogP contribution >= 0.6 is 0 Å². The molecular formula is C15H22O. The summed E-state index contributed by atoms with van der Waals surface area (Å²) in [6, 6.07) is 10.2. The second-order valence-electron chi connectivity index (χ2n) is 4.37. The van der Waals surface area contributed by atoms with E-state index < -0.39 is 5.60 Å². The van der Waals surface area contributed by atoms with Gasteiger partial charge in [0.25, 0.3) is 0 Å². The molecule has 88 valence electrons. The Labute approximate surface area is 98.8 Å². The van der Waals surface area contributed by atoms with E-state index in [4.69, 9.17) is 0 Å². The highest BCUT2D eigenvalue weighted by Crippen LogP contribution is 2.21. The van der Waals surface area contributed by atoms with Gasteiger partial charge in [0.2, 0.25) is 0 Å². The summed E-state index contributed by atoms with van der Waals surface area (Å²) in [4.78, 5) is 0. The van der Waals surface area contributed by atoms with E-state index >= 15 is 0 Å². The van der Waals surface area contributed by atoms with Gasteiger partial charge in [0.05, 0.1) is 5.60 Å². The van der Waals surface area contributed by atoms with Crippen LogP contribution < -0.4 is 0 Å². The van der Waals surface area contributed by atoms with E-state index in [0.29, 0.717) is 6.42 Å². The Morgan fingerprint density at radius 3 is 2.50 bits per heavy atom. The van der Waals surface area contributed by atoms with Crippen molar-refractivity contribution >= 4 is 0 Å². The van der Waals surface area contributed by atoms with Gasteiger partial charge in [0.1, 0.15) is 0 Å². The van der Waals surface area contributed by atoms with E-state index in [1.807, 2.05) is 37.3 Å². The molecule has 0 heterocycles. The normalized spacial score (nSPS) is 15.2. The van der Waals surface area contributed by atoms with Crippen molar-refractivity contribution in [3.8, 4) is 0 Å². The Balaban J connectivity index is 2.70. The largest absolute Gasteiger partial charge is 0.385 e. The lowest BCUT2D eigenvalue weighted by atomic mass is 9.89. The van der Waals surface area contributed by atoms with E-state index in [9.17, 15) is 5.11 Å². The molecule has 0 radical (unpaired) electrons. The van der Waals surface area contributed by atoms with Crippen molar-refractivity contribution in [2.45, 2.75) is 45.1 Å². The van der Waals surface area contributed by atoms with Crippen LogP contribution in [0.25, 0.3) is 0 Å². The van der Waals surface area contributed by atoms with E-state index in [-0.39, 0.29) is 0 Å². The van der Waals surface area contributed by atoms with Crippen LogP contribution in [0.4, 0.5) is 0 Å². The number of allylic oxidation sites excluding steroid dienone is 1. The number of unbranched alkanes of at least 4 members (excludes halogenated alkanes) is 1. The number of aliphatic hydroxyl groups is 1. The van der Waals surface area contributed by atoms with Crippen LogP contribution in [-0.4, -0.2) is 10.7 Å². The second-order valence-corrected chi connectivity index (χ2v) is 4.37. The lowest BCUT2D eigenvalue weighted by molar-refractivity contribution is 0.0792. The van der Waals surface area contributed by atoms with Crippen LogP contribution in [0.15, 0.2) is 42.5 Å². The average molecular weight is 218 g/mol. The third kappa shape index (κ3) is 4.19. The first kappa shape index (κ1) is 13.0. The SMILES string of the molecule is C/C=C\C(O)(CCCC)Cc1ccccc1. The summed E-state index contributed by atoms with van der Waals surface area (Å²) in [7, 11) is 0. The topological polar surface area (TPSA) is 20.2 Å². The number of rotatable bonds is 6. The highest BCUT2D eigenvalue weighted by atomic mass is 16.3. The summed E-state index contributed by atoms with van der Waals surface area (Å²) in [5, 5.41) is 10.5. The number of benzene rings is 1. The van der Waals surface area contributed by atoms with Crippen LogP contribution in [0.5, 0.6) is 0 Å². The van der Waals surface area contributed by atoms with Crippen molar-refractivity contribution in [3.63, 3.8) is 0 Å². The Bertz CT molecular complexity index is 315. The summed E-state index contributed by atoms with van der Waals surface area (Å²) in [5.41, 5.74) is 0.519. The summed E-state index contributed by atoms with van der Waals surface area (Å²) >= 11 is 0. The van der Waals surface area contributed by atoms with Crippen molar-refractivity contribution in [2.24, 2.45) is 0 Å². The average Bonchev–Trinajstić information content (AvgIpc) is 2.28. The molecular weight excluding hydrogens is 196 g/mol. The molecule has 0 aromatic heterocycles. The van der Waals surface area contributed by atoms with Gasteiger partial charge in [-0.25, -0.2) is 0 Å². The third-order valence-electron chi connectivity index (χ3n) is 2.79. The summed E-state index contributed by atoms with van der Waals surface area (Å²) < 4.78 is 0. The first-order valence-corrected chi connectivity index (χ1v) is 6.10. The molecule has 1 aromatic rings. The van der Waals surface area contributed by atoms with Gasteiger partial charge in [0, 0.05) is 6.42 Å². The van der Waals surface area contributed by atoms with Gasteiger partial charge in [-0.3, -0.25) is 0 Å². The Hall–Kier alpha value is -1.08. The van der Waals surface area contributed by atoms with E-state index in [1.54, 1.807) is 0 Å². The molecule has 1 nitrogen and oxygen atoms in total. The van der Waals surface area contributed by atoms with Crippen LogP contribution in [-0.2, 0) is 6.42 Å². The van der Waals surface area contributed by atoms with Crippen molar-refractivity contribution in [2.75, 3.05) is 0 Å². The van der Waals surface area contributed by atoms with Crippen molar-refractivity contribution in [3.05, 3.63) is 48.0 Å². The highest BCUT2D eigenvalue weighted by Gasteiger charge is 2.22. The molecule has 0 aliphatic carbocycles. The Kier molecular flexibility index (Phi) is 5.27. The van der Waals surface area contributed by atoms with Gasteiger partial charge in [-0.05, 0) is 18.9 Å². The Morgan fingerprint density at radius 2 is 1.94 bits per heavy atom. The fourth-order valence-corrected chi connectivity index (χ4v) is 1.97. The van der Waals surface area contributed by atoms with Gasteiger partial charge in [-0.1, -0.05) is 62.2 Å². The maximum atomic E-state index is 10.5. The molecule has 0 saturated heterocycles. The maximum absolute atomic E-state index is 10.5. The predicted octanol–water partition coefficient (Wildman–Crippen LogP) is 3.73. The molecule has 1 N–H and O–H groups in total. The molecule has 1 atom stereocenters. The number of hydrogen-bond donors (Lipinski definition) is 1. The molecule has 1 aromatic carbocycles. The number of hydrogen-bond acceptors (Lipinski definition) is 1. The zero-order valence-electron chi connectivity index (χ0n) is 10.3. The van der Waals surface area contributed by atoms with Crippen molar-refractivity contribution in [1.82, 2.24) is 0 Å². The van der Waals surface area contributed by atoms with Gasteiger partial charge in [0.15, 0.2) is 0 Å². The molecule has 1 unspecified atom stereocenters. The molecule has 0 aliphatic rings. The zero-order valence-corrected chi connectivity index (χ0v) is 10.3. The smallest absolute Gasteiger partial charge is 0.0867 e. The summed E-state index contributed by atoms with van der Waals surface area (Å²) in [6.07, 6.45) is 7.59. The Morgan fingerprint density at radius 1 is 1.25 bits per heavy atom. The molecule has 1 heteroatoms. The maximum Gasteiger partial charge on any atom is 0.0867 e.